The summed E-state index contributed by atoms with van der Waals surface area (Å²) in [4.78, 5) is 21.3. The first-order chi connectivity index (χ1) is 16.2. The van der Waals surface area contributed by atoms with Crippen LogP contribution in [0.4, 0.5) is 14.6 Å². The van der Waals surface area contributed by atoms with Crippen molar-refractivity contribution in [3.05, 3.63) is 47.9 Å². The van der Waals surface area contributed by atoms with Crippen molar-refractivity contribution in [1.29, 1.82) is 0 Å². The highest BCUT2D eigenvalue weighted by atomic mass is 32.2. The van der Waals surface area contributed by atoms with Crippen LogP contribution >= 0.6 is 0 Å². The number of aromatic nitrogens is 2. The van der Waals surface area contributed by atoms with Gasteiger partial charge in [0.2, 0.25) is 5.91 Å². The molecule has 0 bridgehead atoms. The second-order valence-corrected chi connectivity index (χ2v) is 11.2. The van der Waals surface area contributed by atoms with Crippen molar-refractivity contribution < 1.29 is 32.2 Å². The molecule has 0 aliphatic heterocycles. The van der Waals surface area contributed by atoms with Gasteiger partial charge in [-0.3, -0.25) is 9.78 Å². The Morgan fingerprint density at radius 1 is 1.09 bits per heavy atom. The number of benzene rings is 1. The highest BCUT2D eigenvalue weighted by molar-refractivity contribution is 7.92. The number of nitrogens with zero attached hydrogens (tertiary/aromatic N) is 2. The Morgan fingerprint density at radius 3 is 2.26 bits per heavy atom. The average molecular weight is 496 g/mol. The Bertz CT molecular complexity index is 1100. The third kappa shape index (κ3) is 5.42. The van der Waals surface area contributed by atoms with E-state index < -0.39 is 46.7 Å². The molecule has 184 valence electrons. The number of aliphatic hydroxyl groups excluding tert-OH is 2. The van der Waals surface area contributed by atoms with E-state index in [1.54, 1.807) is 12.1 Å². The molecule has 1 heterocycles. The molecular weight excluding hydrogens is 468 g/mol. The lowest BCUT2D eigenvalue weighted by Gasteiger charge is -2.21. The lowest BCUT2D eigenvalue weighted by Crippen LogP contribution is -2.24. The van der Waals surface area contributed by atoms with Crippen LogP contribution < -0.4 is 5.32 Å². The third-order valence-electron chi connectivity index (χ3n) is 6.41. The van der Waals surface area contributed by atoms with Gasteiger partial charge in [0.1, 0.15) is 18.4 Å². The van der Waals surface area contributed by atoms with Crippen LogP contribution in [0.1, 0.15) is 55.4 Å². The standard InChI is InChI=1S/C23H27F2N3O5S/c24-18-8-13(9-19(18)25)7-17(14-1-3-15(4-2-14)34(32,33)16-5-6-16)23(31)28-22-11-26-20(10-27-22)21(30)12-29/h1-4,10-11,13,16-19,21,29-30H,5-9,12H2,(H,27,28,31)/t13?,17?,18-,19+,21-/m0/s1. The van der Waals surface area contributed by atoms with Crippen LogP contribution in [0, 0.1) is 5.92 Å². The molecule has 0 saturated heterocycles. The van der Waals surface area contributed by atoms with Crippen molar-refractivity contribution >= 4 is 21.6 Å². The van der Waals surface area contributed by atoms with Gasteiger partial charge in [0.15, 0.2) is 15.7 Å². The number of alkyl halides is 2. The van der Waals surface area contributed by atoms with Crippen molar-refractivity contribution in [3.8, 4) is 0 Å². The van der Waals surface area contributed by atoms with Crippen molar-refractivity contribution in [1.82, 2.24) is 9.97 Å². The number of halogens is 2. The van der Waals surface area contributed by atoms with Crippen molar-refractivity contribution in [3.63, 3.8) is 0 Å². The molecule has 3 N–H and O–H groups in total. The molecule has 2 aliphatic rings. The zero-order valence-electron chi connectivity index (χ0n) is 18.3. The Balaban J connectivity index is 1.54. The molecular formula is C23H27F2N3O5S. The minimum absolute atomic E-state index is 0.0205. The summed E-state index contributed by atoms with van der Waals surface area (Å²) >= 11 is 0. The predicted octanol–water partition coefficient (Wildman–Crippen LogP) is 2.64. The summed E-state index contributed by atoms with van der Waals surface area (Å²) < 4.78 is 52.5. The quantitative estimate of drug-likeness (QED) is 0.488. The first-order valence-corrected chi connectivity index (χ1v) is 12.8. The Kier molecular flexibility index (Phi) is 7.25. The molecule has 8 nitrogen and oxygen atoms in total. The number of anilines is 1. The Labute approximate surface area is 196 Å². The summed E-state index contributed by atoms with van der Waals surface area (Å²) in [7, 11) is -3.38. The largest absolute Gasteiger partial charge is 0.393 e. The second-order valence-electron chi connectivity index (χ2n) is 8.99. The highest BCUT2D eigenvalue weighted by Crippen LogP contribution is 2.39. The maximum Gasteiger partial charge on any atom is 0.233 e. The van der Waals surface area contributed by atoms with Crippen LogP contribution in [-0.4, -0.2) is 58.7 Å². The molecule has 1 aromatic heterocycles. The first kappa shape index (κ1) is 24.6. The van der Waals surface area contributed by atoms with Gasteiger partial charge in [0.05, 0.1) is 40.8 Å². The maximum absolute atomic E-state index is 13.8. The monoisotopic (exact) mass is 495 g/mol. The summed E-state index contributed by atoms with van der Waals surface area (Å²) in [5.41, 5.74) is 0.670. The average Bonchev–Trinajstić information content (AvgIpc) is 3.64. The Hall–Kier alpha value is -2.50. The van der Waals surface area contributed by atoms with E-state index in [0.717, 1.165) is 0 Å². The molecule has 34 heavy (non-hydrogen) atoms. The van der Waals surface area contributed by atoms with E-state index in [1.165, 1.54) is 24.5 Å². The zero-order chi connectivity index (χ0) is 24.5. The molecule has 5 atom stereocenters. The molecule has 11 heteroatoms. The van der Waals surface area contributed by atoms with Crippen molar-refractivity contribution in [2.45, 2.75) is 66.6 Å². The Morgan fingerprint density at radius 2 is 1.74 bits per heavy atom. The number of carbonyl (C=O) groups is 1. The second kappa shape index (κ2) is 10.0. The number of hydrogen-bond acceptors (Lipinski definition) is 7. The van der Waals surface area contributed by atoms with Gasteiger partial charge < -0.3 is 15.5 Å². The van der Waals surface area contributed by atoms with E-state index in [1.807, 2.05) is 0 Å². The number of sulfone groups is 1. The molecule has 2 aromatic rings. The van der Waals surface area contributed by atoms with Gasteiger partial charge in [0, 0.05) is 0 Å². The van der Waals surface area contributed by atoms with Gasteiger partial charge in [-0.2, -0.15) is 0 Å². The first-order valence-electron chi connectivity index (χ1n) is 11.2. The fourth-order valence-corrected chi connectivity index (χ4v) is 5.95. The number of carbonyl (C=O) groups excluding carboxylic acids is 1. The highest BCUT2D eigenvalue weighted by Gasteiger charge is 2.38. The van der Waals surface area contributed by atoms with Crippen molar-refractivity contribution in [2.24, 2.45) is 5.92 Å². The van der Waals surface area contributed by atoms with Crippen LogP contribution in [-0.2, 0) is 14.6 Å². The van der Waals surface area contributed by atoms with E-state index in [0.29, 0.717) is 18.4 Å². The van der Waals surface area contributed by atoms with Gasteiger partial charge in [-0.1, -0.05) is 12.1 Å². The smallest absolute Gasteiger partial charge is 0.233 e. The molecule has 0 radical (unpaired) electrons. The molecule has 2 saturated carbocycles. The molecule has 2 fully saturated rings. The van der Waals surface area contributed by atoms with Crippen LogP contribution in [0.15, 0.2) is 41.6 Å². The van der Waals surface area contributed by atoms with Gasteiger partial charge >= 0.3 is 0 Å². The minimum Gasteiger partial charge on any atom is -0.393 e. The summed E-state index contributed by atoms with van der Waals surface area (Å²) in [6.07, 6.45) is -0.343. The van der Waals surface area contributed by atoms with Crippen LogP contribution in [0.5, 0.6) is 0 Å². The van der Waals surface area contributed by atoms with Crippen LogP contribution in [0.25, 0.3) is 0 Å². The predicted molar refractivity (Wildman–Crippen MR) is 119 cm³/mol. The normalized spacial score (nSPS) is 24.5. The molecule has 1 amide bonds. The number of amides is 1. The van der Waals surface area contributed by atoms with Gasteiger partial charge in [-0.15, -0.1) is 0 Å². The summed E-state index contributed by atoms with van der Waals surface area (Å²) in [5, 5.41) is 20.9. The van der Waals surface area contributed by atoms with Crippen molar-refractivity contribution in [2.75, 3.05) is 11.9 Å². The van der Waals surface area contributed by atoms with Gasteiger partial charge in [-0.05, 0) is 55.7 Å². The summed E-state index contributed by atoms with van der Waals surface area (Å²) in [6.45, 7) is -0.526. The fraction of sp³-hybridized carbons (Fsp3) is 0.522. The van der Waals surface area contributed by atoms with Gasteiger partial charge in [-0.25, -0.2) is 22.2 Å². The van der Waals surface area contributed by atoms with Gasteiger partial charge in [0.25, 0.3) is 0 Å². The minimum atomic E-state index is -3.38. The number of aliphatic hydroxyl groups is 2. The number of hydrogen-bond donors (Lipinski definition) is 3. The fourth-order valence-electron chi connectivity index (χ4n) is 4.29. The number of nitrogens with one attached hydrogen (secondary N) is 1. The lowest BCUT2D eigenvalue weighted by molar-refractivity contribution is -0.118. The molecule has 4 rings (SSSR count). The lowest BCUT2D eigenvalue weighted by atomic mass is 9.87. The van der Waals surface area contributed by atoms with E-state index in [9.17, 15) is 27.1 Å². The van der Waals surface area contributed by atoms with E-state index in [4.69, 9.17) is 5.11 Å². The maximum atomic E-state index is 13.8. The molecule has 2 aliphatic carbocycles. The number of rotatable bonds is 9. The summed E-state index contributed by atoms with van der Waals surface area (Å²) in [5.74, 6) is -1.50. The molecule has 0 spiro atoms. The van der Waals surface area contributed by atoms with Crippen LogP contribution in [0.2, 0.25) is 0 Å². The zero-order valence-corrected chi connectivity index (χ0v) is 19.2. The molecule has 2 unspecified atom stereocenters. The summed E-state index contributed by atoms with van der Waals surface area (Å²) in [6, 6.07) is 6.08. The topological polar surface area (TPSA) is 129 Å². The van der Waals surface area contributed by atoms with E-state index in [-0.39, 0.29) is 46.8 Å². The van der Waals surface area contributed by atoms with E-state index in [2.05, 4.69) is 15.3 Å². The SMILES string of the molecule is O=C(Nc1cnc([C@@H](O)CO)cn1)C(CC1C[C@@H](F)[C@@H](F)C1)c1ccc(S(=O)(=O)C2CC2)cc1. The third-order valence-corrected chi connectivity index (χ3v) is 8.68. The van der Waals surface area contributed by atoms with E-state index >= 15 is 0 Å². The van der Waals surface area contributed by atoms with Crippen LogP contribution in [0.3, 0.4) is 0 Å². The molecule has 1 aromatic carbocycles.